The van der Waals surface area contributed by atoms with Crippen LogP contribution < -0.4 is 0 Å². The molecule has 0 unspecified atom stereocenters. The number of hydrogen-bond donors (Lipinski definition) is 1. The van der Waals surface area contributed by atoms with Crippen LogP contribution in [0.3, 0.4) is 0 Å². The molecule has 0 amide bonds. The maximum Gasteiger partial charge on any atom is 0.211 e. The molecule has 14 heavy (non-hydrogen) atoms. The first-order valence-corrected chi connectivity index (χ1v) is 5.04. The zero-order valence-corrected chi connectivity index (χ0v) is 9.26. The van der Waals surface area contributed by atoms with E-state index in [-0.39, 0.29) is 11.5 Å². The molecule has 0 heterocycles. The smallest absolute Gasteiger partial charge is 0.211 e. The zero-order valence-electron chi connectivity index (χ0n) is 6.92. The van der Waals surface area contributed by atoms with Gasteiger partial charge in [-0.1, -0.05) is 16.8 Å². The van der Waals surface area contributed by atoms with Gasteiger partial charge in [-0.15, -0.1) is 0 Å². The Labute approximate surface area is 93.5 Å². The van der Waals surface area contributed by atoms with Crippen molar-refractivity contribution >= 4 is 39.0 Å². The molecular weight excluding hydrogens is 269 g/mol. The topological polar surface area (TPSA) is 49.7 Å². The molecule has 0 saturated heterocycles. The van der Waals surface area contributed by atoms with Gasteiger partial charge in [-0.3, -0.25) is 4.79 Å². The van der Waals surface area contributed by atoms with Crippen molar-refractivity contribution in [2.24, 2.45) is 5.16 Å². The Morgan fingerprint density at radius 2 is 2.21 bits per heavy atom. The average molecular weight is 275 g/mol. The molecule has 0 aliphatic heterocycles. The van der Waals surface area contributed by atoms with Gasteiger partial charge >= 0.3 is 0 Å². The van der Waals surface area contributed by atoms with Gasteiger partial charge in [-0.25, -0.2) is 0 Å². The van der Waals surface area contributed by atoms with Gasteiger partial charge in [0, 0.05) is 16.5 Å². The number of hydrogen-bond acceptors (Lipinski definition) is 3. The number of oxime groups is 1. The van der Waals surface area contributed by atoms with Crippen molar-refractivity contribution in [3.05, 3.63) is 32.8 Å². The second kappa shape index (κ2) is 3.37. The van der Waals surface area contributed by atoms with Crippen LogP contribution >= 0.6 is 27.5 Å². The summed E-state index contributed by atoms with van der Waals surface area (Å²) in [5.41, 5.74) is 1.51. The van der Waals surface area contributed by atoms with Crippen molar-refractivity contribution in [3.8, 4) is 0 Å². The van der Waals surface area contributed by atoms with Crippen LogP contribution in [0.5, 0.6) is 0 Å². The Morgan fingerprint density at radius 1 is 1.50 bits per heavy atom. The fourth-order valence-corrected chi connectivity index (χ4v) is 2.00. The van der Waals surface area contributed by atoms with Crippen molar-refractivity contribution < 1.29 is 10.0 Å². The van der Waals surface area contributed by atoms with E-state index in [4.69, 9.17) is 16.8 Å². The van der Waals surface area contributed by atoms with Crippen molar-refractivity contribution in [1.82, 2.24) is 0 Å². The largest absolute Gasteiger partial charge is 0.411 e. The van der Waals surface area contributed by atoms with E-state index in [0.717, 1.165) is 10.0 Å². The number of rotatable bonds is 0. The standard InChI is InChI=1S/C9H5BrClNO2/c10-6-1-4-2-8(12-14)9(13)5(4)3-7(6)11/h1,3,14H,2H2. The van der Waals surface area contributed by atoms with E-state index >= 15 is 0 Å². The van der Waals surface area contributed by atoms with E-state index < -0.39 is 0 Å². The molecule has 5 heteroatoms. The molecule has 1 aromatic carbocycles. The van der Waals surface area contributed by atoms with Crippen molar-refractivity contribution in [3.63, 3.8) is 0 Å². The summed E-state index contributed by atoms with van der Waals surface area (Å²) in [7, 11) is 0. The number of carbonyl (C=O) groups excluding carboxylic acids is 1. The highest BCUT2D eigenvalue weighted by atomic mass is 79.9. The predicted molar refractivity (Wildman–Crippen MR) is 56.4 cm³/mol. The molecule has 2 rings (SSSR count). The molecule has 72 valence electrons. The van der Waals surface area contributed by atoms with Gasteiger partial charge in [0.15, 0.2) is 0 Å². The Bertz CT molecular complexity index is 456. The molecule has 1 aromatic rings. The van der Waals surface area contributed by atoms with Crippen LogP contribution in [0.1, 0.15) is 15.9 Å². The van der Waals surface area contributed by atoms with Gasteiger partial charge in [-0.05, 0) is 33.6 Å². The predicted octanol–water partition coefficient (Wildman–Crippen LogP) is 2.67. The molecule has 0 spiro atoms. The molecule has 0 aromatic heterocycles. The molecule has 1 N–H and O–H groups in total. The van der Waals surface area contributed by atoms with E-state index in [2.05, 4.69) is 21.1 Å². The van der Waals surface area contributed by atoms with E-state index in [9.17, 15) is 4.79 Å². The number of nitrogens with zero attached hydrogens (tertiary/aromatic N) is 1. The third-order valence-electron chi connectivity index (χ3n) is 2.13. The minimum atomic E-state index is -0.253. The Balaban J connectivity index is 2.61. The molecule has 0 atom stereocenters. The van der Waals surface area contributed by atoms with Crippen LogP contribution in [0, 0.1) is 0 Å². The summed E-state index contributed by atoms with van der Waals surface area (Å²) in [5.74, 6) is -0.253. The zero-order chi connectivity index (χ0) is 10.3. The molecule has 0 fully saturated rings. The fourth-order valence-electron chi connectivity index (χ4n) is 1.44. The lowest BCUT2D eigenvalue weighted by atomic mass is 10.1. The van der Waals surface area contributed by atoms with Crippen LogP contribution in [-0.4, -0.2) is 16.7 Å². The third-order valence-corrected chi connectivity index (χ3v) is 3.33. The van der Waals surface area contributed by atoms with Gasteiger partial charge in [0.1, 0.15) is 5.71 Å². The minimum Gasteiger partial charge on any atom is -0.411 e. The fraction of sp³-hybridized carbons (Fsp3) is 0.111. The maximum atomic E-state index is 11.5. The second-order valence-electron chi connectivity index (χ2n) is 2.98. The van der Waals surface area contributed by atoms with Gasteiger partial charge in [0.25, 0.3) is 0 Å². The normalized spacial score (nSPS) is 17.6. The first kappa shape index (κ1) is 9.68. The van der Waals surface area contributed by atoms with E-state index in [0.29, 0.717) is 17.0 Å². The Hall–Kier alpha value is -0.870. The highest BCUT2D eigenvalue weighted by Crippen LogP contribution is 2.30. The highest BCUT2D eigenvalue weighted by Gasteiger charge is 2.27. The molecule has 0 bridgehead atoms. The third kappa shape index (κ3) is 1.35. The summed E-state index contributed by atoms with van der Waals surface area (Å²) in [5, 5.41) is 12.0. The van der Waals surface area contributed by atoms with Gasteiger partial charge in [0.2, 0.25) is 5.78 Å². The first-order chi connectivity index (χ1) is 6.63. The summed E-state index contributed by atoms with van der Waals surface area (Å²) in [6.45, 7) is 0. The minimum absolute atomic E-state index is 0.161. The number of carbonyl (C=O) groups is 1. The van der Waals surface area contributed by atoms with E-state index in [1.807, 2.05) is 0 Å². The molecule has 3 nitrogen and oxygen atoms in total. The van der Waals surface area contributed by atoms with E-state index in [1.54, 1.807) is 12.1 Å². The molecule has 1 aliphatic carbocycles. The molecule has 0 radical (unpaired) electrons. The average Bonchev–Trinajstić information content (AvgIpc) is 2.45. The Kier molecular flexibility index (Phi) is 2.33. The monoisotopic (exact) mass is 273 g/mol. The first-order valence-electron chi connectivity index (χ1n) is 3.87. The quantitative estimate of drug-likeness (QED) is 0.584. The second-order valence-corrected chi connectivity index (χ2v) is 4.24. The lowest BCUT2D eigenvalue weighted by Gasteiger charge is -1.99. The maximum absolute atomic E-state index is 11.5. The van der Waals surface area contributed by atoms with Crippen LogP contribution in [0.15, 0.2) is 21.8 Å². The lowest BCUT2D eigenvalue weighted by molar-refractivity contribution is 0.106. The van der Waals surface area contributed by atoms with Crippen LogP contribution in [0.4, 0.5) is 0 Å². The van der Waals surface area contributed by atoms with Gasteiger partial charge in [0.05, 0.1) is 5.02 Å². The highest BCUT2D eigenvalue weighted by molar-refractivity contribution is 9.10. The number of Topliss-reactive ketones (excluding diaryl/α,β-unsaturated/α-hetero) is 1. The number of fused-ring (bicyclic) bond motifs is 1. The van der Waals surface area contributed by atoms with Gasteiger partial charge in [-0.2, -0.15) is 0 Å². The number of benzene rings is 1. The summed E-state index contributed by atoms with van der Waals surface area (Å²) >= 11 is 9.11. The van der Waals surface area contributed by atoms with Crippen LogP contribution in [0.25, 0.3) is 0 Å². The molecule has 1 aliphatic rings. The van der Waals surface area contributed by atoms with E-state index in [1.165, 1.54) is 0 Å². The molecule has 0 saturated carbocycles. The summed E-state index contributed by atoms with van der Waals surface area (Å²) in [6, 6.07) is 3.36. The lowest BCUT2D eigenvalue weighted by Crippen LogP contribution is -2.06. The van der Waals surface area contributed by atoms with Crippen molar-refractivity contribution in [2.75, 3.05) is 0 Å². The van der Waals surface area contributed by atoms with Crippen LogP contribution in [-0.2, 0) is 6.42 Å². The number of ketones is 1. The SMILES string of the molecule is O=C1C(=NO)Cc2cc(Br)c(Cl)cc21. The Morgan fingerprint density at radius 3 is 2.86 bits per heavy atom. The summed E-state index contributed by atoms with van der Waals surface area (Å²) in [4.78, 5) is 11.5. The van der Waals surface area contributed by atoms with Crippen molar-refractivity contribution in [1.29, 1.82) is 0 Å². The van der Waals surface area contributed by atoms with Crippen LogP contribution in [0.2, 0.25) is 5.02 Å². The summed E-state index contributed by atoms with van der Waals surface area (Å²) < 4.78 is 0.741. The molecular formula is C9H5BrClNO2. The number of halogens is 2. The summed E-state index contributed by atoms with van der Waals surface area (Å²) in [6.07, 6.45) is 0.362. The van der Waals surface area contributed by atoms with Gasteiger partial charge < -0.3 is 5.21 Å². The van der Waals surface area contributed by atoms with Crippen molar-refractivity contribution in [2.45, 2.75) is 6.42 Å².